The van der Waals surface area contributed by atoms with Gasteiger partial charge in [0, 0.05) is 30.6 Å². The molecule has 2 rings (SSSR count). The number of halogens is 1. The smallest absolute Gasteiger partial charge is 0.146 e. The summed E-state index contributed by atoms with van der Waals surface area (Å²) in [5.74, 6) is 0.751. The molecule has 0 aliphatic heterocycles. The minimum absolute atomic E-state index is 0.266. The summed E-state index contributed by atoms with van der Waals surface area (Å²) in [6.45, 7) is 4.64. The van der Waals surface area contributed by atoms with E-state index in [1.165, 1.54) is 19.1 Å². The SMILES string of the molecule is CCn1ccnc1COc1ccc([C@@H](C)O)c(F)c1. The molecule has 1 heterocycles. The van der Waals surface area contributed by atoms with Crippen LogP contribution >= 0.6 is 0 Å². The average Bonchev–Trinajstić information content (AvgIpc) is 2.83. The number of aryl methyl sites for hydroxylation is 1. The highest BCUT2D eigenvalue weighted by molar-refractivity contribution is 5.30. The van der Waals surface area contributed by atoms with Gasteiger partial charge in [-0.25, -0.2) is 9.37 Å². The molecule has 0 spiro atoms. The van der Waals surface area contributed by atoms with Crippen molar-refractivity contribution in [3.05, 3.63) is 47.8 Å². The molecule has 0 aliphatic carbocycles. The first-order valence-electron chi connectivity index (χ1n) is 6.22. The molecule has 0 unspecified atom stereocenters. The van der Waals surface area contributed by atoms with Crippen molar-refractivity contribution in [2.24, 2.45) is 0 Å². The molecule has 102 valence electrons. The normalized spacial score (nSPS) is 12.4. The van der Waals surface area contributed by atoms with Crippen LogP contribution in [0.25, 0.3) is 0 Å². The van der Waals surface area contributed by atoms with E-state index in [0.717, 1.165) is 12.4 Å². The summed E-state index contributed by atoms with van der Waals surface area (Å²) in [4.78, 5) is 4.17. The van der Waals surface area contributed by atoms with E-state index < -0.39 is 11.9 Å². The maximum Gasteiger partial charge on any atom is 0.146 e. The predicted octanol–water partition coefficient (Wildman–Crippen LogP) is 2.67. The van der Waals surface area contributed by atoms with Gasteiger partial charge in [0.2, 0.25) is 0 Å². The highest BCUT2D eigenvalue weighted by atomic mass is 19.1. The van der Waals surface area contributed by atoms with E-state index in [1.807, 2.05) is 17.7 Å². The van der Waals surface area contributed by atoms with E-state index in [0.29, 0.717) is 5.75 Å². The van der Waals surface area contributed by atoms with Gasteiger partial charge < -0.3 is 14.4 Å². The van der Waals surface area contributed by atoms with Crippen LogP contribution < -0.4 is 4.74 Å². The number of imidazole rings is 1. The first-order chi connectivity index (χ1) is 9.11. The Morgan fingerprint density at radius 3 is 2.89 bits per heavy atom. The molecule has 1 aromatic heterocycles. The molecule has 0 amide bonds. The summed E-state index contributed by atoms with van der Waals surface area (Å²) >= 11 is 0. The lowest BCUT2D eigenvalue weighted by Gasteiger charge is -2.10. The van der Waals surface area contributed by atoms with E-state index in [-0.39, 0.29) is 12.2 Å². The van der Waals surface area contributed by atoms with Crippen LogP contribution in [0, 0.1) is 5.82 Å². The third-order valence-corrected chi connectivity index (χ3v) is 2.93. The van der Waals surface area contributed by atoms with Crippen LogP contribution in [0.1, 0.15) is 31.3 Å². The molecule has 2 aromatic rings. The van der Waals surface area contributed by atoms with Gasteiger partial charge in [0.15, 0.2) is 0 Å². The van der Waals surface area contributed by atoms with Gasteiger partial charge in [0.05, 0.1) is 6.10 Å². The fourth-order valence-electron chi connectivity index (χ4n) is 1.85. The van der Waals surface area contributed by atoms with Gasteiger partial charge in [0.1, 0.15) is 24.0 Å². The number of rotatable bonds is 5. The first kappa shape index (κ1) is 13.5. The second-order valence-corrected chi connectivity index (χ2v) is 4.28. The fourth-order valence-corrected chi connectivity index (χ4v) is 1.85. The maximum absolute atomic E-state index is 13.7. The highest BCUT2D eigenvalue weighted by Gasteiger charge is 2.09. The van der Waals surface area contributed by atoms with Crippen LogP contribution in [0.4, 0.5) is 4.39 Å². The van der Waals surface area contributed by atoms with Gasteiger partial charge in [-0.1, -0.05) is 0 Å². The van der Waals surface area contributed by atoms with Crippen molar-refractivity contribution < 1.29 is 14.2 Å². The summed E-state index contributed by atoms with van der Waals surface area (Å²) in [7, 11) is 0. The molecule has 1 atom stereocenters. The van der Waals surface area contributed by atoms with E-state index in [4.69, 9.17) is 4.74 Å². The zero-order valence-corrected chi connectivity index (χ0v) is 11.0. The van der Waals surface area contributed by atoms with Crippen molar-refractivity contribution in [3.63, 3.8) is 0 Å². The number of aliphatic hydroxyl groups excluding tert-OH is 1. The van der Waals surface area contributed by atoms with Crippen LogP contribution in [0.3, 0.4) is 0 Å². The molecular weight excluding hydrogens is 247 g/mol. The Bertz CT molecular complexity index is 552. The first-order valence-corrected chi connectivity index (χ1v) is 6.22. The maximum atomic E-state index is 13.7. The van der Waals surface area contributed by atoms with Crippen molar-refractivity contribution in [1.82, 2.24) is 9.55 Å². The molecule has 1 N–H and O–H groups in total. The second-order valence-electron chi connectivity index (χ2n) is 4.28. The quantitative estimate of drug-likeness (QED) is 0.903. The minimum Gasteiger partial charge on any atom is -0.486 e. The number of ether oxygens (including phenoxy) is 1. The lowest BCUT2D eigenvalue weighted by atomic mass is 10.1. The Morgan fingerprint density at radius 2 is 2.26 bits per heavy atom. The summed E-state index contributed by atoms with van der Waals surface area (Å²) in [6.07, 6.45) is 2.75. The van der Waals surface area contributed by atoms with Gasteiger partial charge in [-0.05, 0) is 26.0 Å². The Kier molecular flexibility index (Phi) is 4.16. The molecule has 5 heteroatoms. The Labute approximate surface area is 111 Å². The zero-order chi connectivity index (χ0) is 13.8. The summed E-state index contributed by atoms with van der Waals surface area (Å²) in [5, 5.41) is 9.35. The van der Waals surface area contributed by atoms with Crippen LogP contribution in [-0.4, -0.2) is 14.7 Å². The Hall–Kier alpha value is -1.88. The third kappa shape index (κ3) is 3.12. The molecular formula is C14H17FN2O2. The van der Waals surface area contributed by atoms with Crippen LogP contribution in [0.15, 0.2) is 30.6 Å². The van der Waals surface area contributed by atoms with Gasteiger partial charge in [-0.2, -0.15) is 0 Å². The number of hydrogen-bond acceptors (Lipinski definition) is 3. The van der Waals surface area contributed by atoms with Crippen molar-refractivity contribution in [2.45, 2.75) is 33.1 Å². The number of hydrogen-bond donors (Lipinski definition) is 1. The summed E-state index contributed by atoms with van der Waals surface area (Å²) in [5.41, 5.74) is 0.266. The van der Waals surface area contributed by atoms with Gasteiger partial charge in [0.25, 0.3) is 0 Å². The van der Waals surface area contributed by atoms with Crippen LogP contribution in [-0.2, 0) is 13.2 Å². The second kappa shape index (κ2) is 5.84. The summed E-state index contributed by atoms with van der Waals surface area (Å²) < 4.78 is 21.1. The molecule has 0 saturated carbocycles. The molecule has 19 heavy (non-hydrogen) atoms. The van der Waals surface area contributed by atoms with E-state index in [1.54, 1.807) is 12.3 Å². The Balaban J connectivity index is 2.06. The van der Waals surface area contributed by atoms with Gasteiger partial charge >= 0.3 is 0 Å². The van der Waals surface area contributed by atoms with E-state index in [9.17, 15) is 9.50 Å². The predicted molar refractivity (Wildman–Crippen MR) is 69.3 cm³/mol. The molecule has 0 fully saturated rings. The third-order valence-electron chi connectivity index (χ3n) is 2.93. The molecule has 0 radical (unpaired) electrons. The standard InChI is InChI=1S/C14H17FN2O2/c1-3-17-7-6-16-14(17)9-19-11-4-5-12(10(2)18)13(15)8-11/h4-8,10,18H,3,9H2,1-2H3/t10-/m1/s1. The number of aromatic nitrogens is 2. The number of benzene rings is 1. The highest BCUT2D eigenvalue weighted by Crippen LogP contribution is 2.22. The monoisotopic (exact) mass is 264 g/mol. The van der Waals surface area contributed by atoms with Crippen molar-refractivity contribution >= 4 is 0 Å². The van der Waals surface area contributed by atoms with Crippen molar-refractivity contribution in [2.75, 3.05) is 0 Å². The number of nitrogens with zero attached hydrogens (tertiary/aromatic N) is 2. The molecule has 1 aromatic carbocycles. The van der Waals surface area contributed by atoms with Crippen LogP contribution in [0.2, 0.25) is 0 Å². The van der Waals surface area contributed by atoms with Crippen molar-refractivity contribution in [1.29, 1.82) is 0 Å². The largest absolute Gasteiger partial charge is 0.486 e. The fraction of sp³-hybridized carbons (Fsp3) is 0.357. The summed E-state index contributed by atoms with van der Waals surface area (Å²) in [6, 6.07) is 4.45. The van der Waals surface area contributed by atoms with Gasteiger partial charge in [-0.15, -0.1) is 0 Å². The minimum atomic E-state index is -0.826. The van der Waals surface area contributed by atoms with Gasteiger partial charge in [-0.3, -0.25) is 0 Å². The van der Waals surface area contributed by atoms with E-state index >= 15 is 0 Å². The zero-order valence-electron chi connectivity index (χ0n) is 11.0. The molecule has 4 nitrogen and oxygen atoms in total. The number of aliphatic hydroxyl groups is 1. The van der Waals surface area contributed by atoms with E-state index in [2.05, 4.69) is 4.98 Å². The van der Waals surface area contributed by atoms with Crippen LogP contribution in [0.5, 0.6) is 5.75 Å². The molecule has 0 aliphatic rings. The van der Waals surface area contributed by atoms with Crippen molar-refractivity contribution in [3.8, 4) is 5.75 Å². The molecule has 0 saturated heterocycles. The topological polar surface area (TPSA) is 47.3 Å². The molecule has 0 bridgehead atoms. The lowest BCUT2D eigenvalue weighted by molar-refractivity contribution is 0.193. The Morgan fingerprint density at radius 1 is 1.47 bits per heavy atom. The lowest BCUT2D eigenvalue weighted by Crippen LogP contribution is -2.06. The average molecular weight is 264 g/mol.